The Kier molecular flexibility index (Phi) is 7.85. The van der Waals surface area contributed by atoms with Gasteiger partial charge in [-0.05, 0) is 44.6 Å². The first-order chi connectivity index (χ1) is 12.3. The summed E-state index contributed by atoms with van der Waals surface area (Å²) in [4.78, 5) is 12.1. The molecular weight excluding hydrogens is 348 g/mol. The van der Waals surface area contributed by atoms with E-state index in [9.17, 15) is 13.2 Å². The number of aryl methyl sites for hydroxylation is 1. The van der Waals surface area contributed by atoms with Crippen molar-refractivity contribution >= 4 is 15.9 Å². The molecule has 144 valence electrons. The van der Waals surface area contributed by atoms with E-state index in [0.717, 1.165) is 24.8 Å². The highest BCUT2D eigenvalue weighted by Crippen LogP contribution is 2.20. The predicted octanol–water partition coefficient (Wildman–Crippen LogP) is 3.15. The summed E-state index contributed by atoms with van der Waals surface area (Å²) < 4.78 is 25.4. The molecule has 6 heteroatoms. The smallest absolute Gasteiger partial charge is 0.221 e. The number of carbonyl (C=O) groups is 1. The molecule has 0 atom stereocenters. The highest BCUT2D eigenvalue weighted by atomic mass is 32.2. The van der Waals surface area contributed by atoms with E-state index in [-0.39, 0.29) is 18.9 Å². The van der Waals surface area contributed by atoms with Crippen LogP contribution in [0.5, 0.6) is 0 Å². The van der Waals surface area contributed by atoms with Crippen LogP contribution in [0.15, 0.2) is 35.9 Å². The zero-order chi connectivity index (χ0) is 19.0. The number of rotatable bonds is 9. The van der Waals surface area contributed by atoms with Gasteiger partial charge in [0.15, 0.2) is 0 Å². The molecule has 0 spiro atoms. The van der Waals surface area contributed by atoms with Crippen LogP contribution in [0.3, 0.4) is 0 Å². The Bertz CT molecular complexity index is 724. The van der Waals surface area contributed by atoms with E-state index in [1.165, 1.54) is 34.5 Å². The lowest BCUT2D eigenvalue weighted by Gasteiger charge is -2.21. The molecule has 1 aromatic rings. The highest BCUT2D eigenvalue weighted by Gasteiger charge is 2.18. The minimum absolute atomic E-state index is 0.129. The number of hydrogen-bond acceptors (Lipinski definition) is 3. The Balaban J connectivity index is 1.79. The van der Waals surface area contributed by atoms with Gasteiger partial charge in [0.2, 0.25) is 15.9 Å². The summed E-state index contributed by atoms with van der Waals surface area (Å²) in [5.74, 6) is -0.129. The molecule has 1 aromatic carbocycles. The number of carbonyl (C=O) groups excluding carboxylic acids is 1. The van der Waals surface area contributed by atoms with Gasteiger partial charge in [0.25, 0.3) is 0 Å². The van der Waals surface area contributed by atoms with Crippen molar-refractivity contribution in [2.24, 2.45) is 0 Å². The van der Waals surface area contributed by atoms with Crippen molar-refractivity contribution < 1.29 is 13.2 Å². The number of hydrogen-bond donors (Lipinski definition) is 1. The molecule has 0 radical (unpaired) electrons. The number of sulfonamides is 1. The van der Waals surface area contributed by atoms with Crippen LogP contribution in [0.1, 0.15) is 49.7 Å². The zero-order valence-electron chi connectivity index (χ0n) is 15.8. The fourth-order valence-electron chi connectivity index (χ4n) is 3.06. The van der Waals surface area contributed by atoms with Gasteiger partial charge >= 0.3 is 0 Å². The monoisotopic (exact) mass is 378 g/mol. The standard InChI is InChI=1S/C20H30N2O3S/c1-17-8-10-19(11-9-17)16-21-20(23)13-15-22(26(2,24)25)14-12-18-6-4-3-5-7-18/h6,8-11H,3-5,7,12-16H2,1-2H3,(H,21,23). The van der Waals surface area contributed by atoms with Crippen molar-refractivity contribution in [1.82, 2.24) is 9.62 Å². The van der Waals surface area contributed by atoms with Gasteiger partial charge < -0.3 is 5.32 Å². The summed E-state index contributed by atoms with van der Waals surface area (Å²) in [7, 11) is -3.31. The first-order valence-corrected chi connectivity index (χ1v) is 11.1. The minimum atomic E-state index is -3.31. The van der Waals surface area contributed by atoms with Crippen LogP contribution >= 0.6 is 0 Å². The van der Waals surface area contributed by atoms with E-state index in [1.807, 2.05) is 31.2 Å². The summed E-state index contributed by atoms with van der Waals surface area (Å²) in [6.45, 7) is 3.16. The summed E-state index contributed by atoms with van der Waals surface area (Å²) in [6, 6.07) is 7.98. The number of nitrogens with one attached hydrogen (secondary N) is 1. The third-order valence-electron chi connectivity index (χ3n) is 4.73. The summed E-state index contributed by atoms with van der Waals surface area (Å²) >= 11 is 0. The first-order valence-electron chi connectivity index (χ1n) is 9.30. The molecule has 0 aliphatic heterocycles. The maximum Gasteiger partial charge on any atom is 0.221 e. The molecule has 1 aliphatic carbocycles. The SMILES string of the molecule is Cc1ccc(CNC(=O)CCN(CCC2=CCCCC2)S(C)(=O)=O)cc1. The fourth-order valence-corrected chi connectivity index (χ4v) is 3.91. The molecule has 5 nitrogen and oxygen atoms in total. The van der Waals surface area contributed by atoms with Crippen LogP contribution in [-0.2, 0) is 21.4 Å². The topological polar surface area (TPSA) is 66.5 Å². The Morgan fingerprint density at radius 1 is 1.15 bits per heavy atom. The lowest BCUT2D eigenvalue weighted by atomic mass is 9.97. The first kappa shape index (κ1) is 20.6. The Morgan fingerprint density at radius 3 is 2.50 bits per heavy atom. The summed E-state index contributed by atoms with van der Waals surface area (Å²) in [5.41, 5.74) is 3.55. The molecule has 0 fully saturated rings. The van der Waals surface area contributed by atoms with Gasteiger partial charge in [-0.25, -0.2) is 12.7 Å². The average molecular weight is 379 g/mol. The Hall–Kier alpha value is -1.66. The van der Waals surface area contributed by atoms with E-state index < -0.39 is 10.0 Å². The van der Waals surface area contributed by atoms with Crippen molar-refractivity contribution in [3.8, 4) is 0 Å². The van der Waals surface area contributed by atoms with Crippen molar-refractivity contribution in [3.63, 3.8) is 0 Å². The van der Waals surface area contributed by atoms with E-state index in [4.69, 9.17) is 0 Å². The zero-order valence-corrected chi connectivity index (χ0v) is 16.6. The van der Waals surface area contributed by atoms with Gasteiger partial charge in [-0.15, -0.1) is 0 Å². The third-order valence-corrected chi connectivity index (χ3v) is 6.04. The van der Waals surface area contributed by atoms with Gasteiger partial charge in [-0.1, -0.05) is 41.5 Å². The lowest BCUT2D eigenvalue weighted by Crippen LogP contribution is -2.35. The Morgan fingerprint density at radius 2 is 1.88 bits per heavy atom. The molecule has 0 unspecified atom stereocenters. The average Bonchev–Trinajstić information content (AvgIpc) is 2.61. The summed E-state index contributed by atoms with van der Waals surface area (Å²) in [5, 5.41) is 2.86. The number of amides is 1. The van der Waals surface area contributed by atoms with Gasteiger partial charge in [-0.3, -0.25) is 4.79 Å². The highest BCUT2D eigenvalue weighted by molar-refractivity contribution is 7.88. The molecule has 0 heterocycles. The molecule has 1 N–H and O–H groups in total. The van der Waals surface area contributed by atoms with Crippen LogP contribution in [0, 0.1) is 6.92 Å². The second-order valence-corrected chi connectivity index (χ2v) is 9.01. The third kappa shape index (κ3) is 7.30. The maximum absolute atomic E-state index is 12.1. The fraction of sp³-hybridized carbons (Fsp3) is 0.550. The predicted molar refractivity (Wildman–Crippen MR) is 105 cm³/mol. The van der Waals surface area contributed by atoms with Gasteiger partial charge in [0, 0.05) is 26.1 Å². The molecule has 0 bridgehead atoms. The molecule has 1 aliphatic rings. The van der Waals surface area contributed by atoms with E-state index >= 15 is 0 Å². The largest absolute Gasteiger partial charge is 0.352 e. The summed E-state index contributed by atoms with van der Waals surface area (Å²) in [6.07, 6.45) is 8.96. The maximum atomic E-state index is 12.1. The molecule has 26 heavy (non-hydrogen) atoms. The second-order valence-electron chi connectivity index (χ2n) is 7.03. The van der Waals surface area contributed by atoms with Crippen LogP contribution in [0.4, 0.5) is 0 Å². The van der Waals surface area contributed by atoms with E-state index in [1.54, 1.807) is 0 Å². The van der Waals surface area contributed by atoms with Crippen LogP contribution in [-0.4, -0.2) is 38.0 Å². The van der Waals surface area contributed by atoms with Gasteiger partial charge in [-0.2, -0.15) is 0 Å². The molecule has 0 aromatic heterocycles. The van der Waals surface area contributed by atoms with Crippen LogP contribution in [0.25, 0.3) is 0 Å². The molecule has 0 saturated carbocycles. The quantitative estimate of drug-likeness (QED) is 0.671. The molecule has 2 rings (SSSR count). The van der Waals surface area contributed by atoms with E-state index in [0.29, 0.717) is 13.1 Å². The normalized spacial score (nSPS) is 15.0. The van der Waals surface area contributed by atoms with Crippen molar-refractivity contribution in [3.05, 3.63) is 47.0 Å². The minimum Gasteiger partial charge on any atom is -0.352 e. The van der Waals surface area contributed by atoms with Crippen LogP contribution < -0.4 is 5.32 Å². The van der Waals surface area contributed by atoms with E-state index in [2.05, 4.69) is 11.4 Å². The molecular formula is C20H30N2O3S. The Labute approximate surface area is 157 Å². The van der Waals surface area contributed by atoms with Gasteiger partial charge in [0.1, 0.15) is 0 Å². The van der Waals surface area contributed by atoms with Crippen molar-refractivity contribution in [2.45, 2.75) is 52.0 Å². The molecule has 1 amide bonds. The van der Waals surface area contributed by atoms with Crippen LogP contribution in [0.2, 0.25) is 0 Å². The van der Waals surface area contributed by atoms with Crippen molar-refractivity contribution in [1.29, 1.82) is 0 Å². The number of allylic oxidation sites excluding steroid dienone is 1. The lowest BCUT2D eigenvalue weighted by molar-refractivity contribution is -0.121. The molecule has 0 saturated heterocycles. The van der Waals surface area contributed by atoms with Gasteiger partial charge in [0.05, 0.1) is 6.26 Å². The van der Waals surface area contributed by atoms with Crippen molar-refractivity contribution in [2.75, 3.05) is 19.3 Å². The number of nitrogens with zero attached hydrogens (tertiary/aromatic N) is 1. The second kappa shape index (κ2) is 9.88. The number of benzene rings is 1.